The molecule has 1 amide bonds. The first-order valence-corrected chi connectivity index (χ1v) is 9.81. The number of amides is 1. The number of nitrogens with one attached hydrogen (secondary N) is 1. The third-order valence-corrected chi connectivity index (χ3v) is 6.95. The highest BCUT2D eigenvalue weighted by Crippen LogP contribution is 2.20. The maximum atomic E-state index is 13.4. The molecule has 0 aromatic carbocycles. The lowest BCUT2D eigenvalue weighted by molar-refractivity contribution is -0.130. The van der Waals surface area contributed by atoms with Gasteiger partial charge in [0.2, 0.25) is 15.9 Å². The minimum absolute atomic E-state index is 0.0240. The molecule has 0 spiro atoms. The zero-order valence-electron chi connectivity index (χ0n) is 14.1. The molecule has 2 rings (SSSR count). The van der Waals surface area contributed by atoms with Crippen molar-refractivity contribution in [1.82, 2.24) is 14.5 Å². The van der Waals surface area contributed by atoms with E-state index in [0.29, 0.717) is 25.9 Å². The fourth-order valence-electron chi connectivity index (χ4n) is 3.13. The number of nitriles is 1. The molecule has 0 aromatic rings. The number of likely N-dealkylation sites (tertiary alicyclic amines) is 1. The van der Waals surface area contributed by atoms with Gasteiger partial charge in [-0.05, 0) is 26.7 Å². The number of piperidine rings is 1. The van der Waals surface area contributed by atoms with Crippen molar-refractivity contribution in [3.63, 3.8) is 0 Å². The average molecular weight is 360 g/mol. The third kappa shape index (κ3) is 4.23. The predicted octanol–water partition coefficient (Wildman–Crippen LogP) is 0.241. The van der Waals surface area contributed by atoms with Crippen molar-refractivity contribution in [2.75, 3.05) is 26.2 Å². The Hall–Kier alpha value is -1.24. The Kier molecular flexibility index (Phi) is 6.17. The van der Waals surface area contributed by atoms with Crippen molar-refractivity contribution in [3.05, 3.63) is 0 Å². The lowest BCUT2D eigenvalue weighted by atomic mass is 10.1. The number of carbonyl (C=O) groups excluding carboxylic acids is 1. The number of hydrogen-bond acceptors (Lipinski definition) is 5. The Morgan fingerprint density at radius 1 is 1.38 bits per heavy atom. The van der Waals surface area contributed by atoms with Gasteiger partial charge in [0.1, 0.15) is 12.2 Å². The molecule has 2 unspecified atom stereocenters. The molecule has 0 saturated carbocycles. The van der Waals surface area contributed by atoms with E-state index in [0.717, 1.165) is 0 Å². The molecule has 7 nitrogen and oxygen atoms in total. The molecule has 2 heterocycles. The van der Waals surface area contributed by atoms with Crippen LogP contribution in [0, 0.1) is 11.3 Å². The zero-order valence-corrected chi connectivity index (χ0v) is 14.9. The van der Waals surface area contributed by atoms with Crippen LogP contribution in [0.1, 0.15) is 33.1 Å². The van der Waals surface area contributed by atoms with Crippen LogP contribution in [0.4, 0.5) is 4.39 Å². The van der Waals surface area contributed by atoms with Gasteiger partial charge in [0.05, 0.1) is 24.4 Å². The molecule has 2 aliphatic rings. The van der Waals surface area contributed by atoms with E-state index in [1.165, 1.54) is 9.21 Å². The maximum Gasteiger partial charge on any atom is 0.237 e. The zero-order chi connectivity index (χ0) is 17.9. The molecule has 2 fully saturated rings. The van der Waals surface area contributed by atoms with Gasteiger partial charge in [-0.1, -0.05) is 0 Å². The molecule has 136 valence electrons. The van der Waals surface area contributed by atoms with Gasteiger partial charge >= 0.3 is 0 Å². The van der Waals surface area contributed by atoms with Crippen LogP contribution in [0.5, 0.6) is 0 Å². The Labute approximate surface area is 142 Å². The molecule has 2 aliphatic heterocycles. The summed E-state index contributed by atoms with van der Waals surface area (Å²) in [6.45, 7) is 4.22. The number of carbonyl (C=O) groups is 1. The molecule has 2 saturated heterocycles. The van der Waals surface area contributed by atoms with Gasteiger partial charge in [-0.15, -0.1) is 0 Å². The van der Waals surface area contributed by atoms with Gasteiger partial charge in [0.25, 0.3) is 0 Å². The van der Waals surface area contributed by atoms with E-state index in [1.54, 1.807) is 13.8 Å². The Balaban J connectivity index is 1.79. The monoisotopic (exact) mass is 360 g/mol. The lowest BCUT2D eigenvalue weighted by Gasteiger charge is -2.33. The first kappa shape index (κ1) is 19.1. The first-order valence-electron chi connectivity index (χ1n) is 8.31. The van der Waals surface area contributed by atoms with Crippen LogP contribution in [-0.2, 0) is 14.8 Å². The summed E-state index contributed by atoms with van der Waals surface area (Å²) in [5.41, 5.74) is 0. The van der Waals surface area contributed by atoms with Gasteiger partial charge in [-0.25, -0.2) is 17.1 Å². The minimum Gasteiger partial charge on any atom is -0.323 e. The fourth-order valence-corrected chi connectivity index (χ4v) is 4.44. The van der Waals surface area contributed by atoms with Crippen LogP contribution in [-0.4, -0.2) is 73.2 Å². The Morgan fingerprint density at radius 3 is 2.54 bits per heavy atom. The van der Waals surface area contributed by atoms with Crippen molar-refractivity contribution in [2.24, 2.45) is 0 Å². The molecule has 0 aromatic heterocycles. The topological polar surface area (TPSA) is 93.5 Å². The molecule has 9 heteroatoms. The van der Waals surface area contributed by atoms with E-state index in [4.69, 9.17) is 5.26 Å². The second-order valence-electron chi connectivity index (χ2n) is 6.67. The van der Waals surface area contributed by atoms with E-state index in [2.05, 4.69) is 5.32 Å². The Morgan fingerprint density at radius 2 is 2.00 bits per heavy atom. The van der Waals surface area contributed by atoms with Crippen LogP contribution in [0.3, 0.4) is 0 Å². The summed E-state index contributed by atoms with van der Waals surface area (Å²) < 4.78 is 39.1. The Bertz CT molecular complexity index is 596. The maximum absolute atomic E-state index is 13.4. The van der Waals surface area contributed by atoms with Crippen molar-refractivity contribution < 1.29 is 17.6 Å². The average Bonchev–Trinajstić information content (AvgIpc) is 2.94. The smallest absolute Gasteiger partial charge is 0.237 e. The van der Waals surface area contributed by atoms with Crippen molar-refractivity contribution in [2.45, 2.75) is 56.6 Å². The van der Waals surface area contributed by atoms with Crippen molar-refractivity contribution in [1.29, 1.82) is 5.26 Å². The van der Waals surface area contributed by atoms with Crippen LogP contribution >= 0.6 is 0 Å². The second kappa shape index (κ2) is 7.76. The van der Waals surface area contributed by atoms with Crippen LogP contribution in [0.15, 0.2) is 0 Å². The quantitative estimate of drug-likeness (QED) is 0.758. The number of nitrogens with zero attached hydrogens (tertiary/aromatic N) is 3. The lowest BCUT2D eigenvalue weighted by Crippen LogP contribution is -2.49. The highest BCUT2D eigenvalue weighted by Gasteiger charge is 2.35. The first-order chi connectivity index (χ1) is 11.3. The van der Waals surface area contributed by atoms with E-state index in [9.17, 15) is 17.6 Å². The summed E-state index contributed by atoms with van der Waals surface area (Å²) in [7, 11) is -3.23. The highest BCUT2D eigenvalue weighted by molar-refractivity contribution is 7.89. The number of halogens is 1. The minimum atomic E-state index is -3.23. The molecule has 0 radical (unpaired) electrons. The van der Waals surface area contributed by atoms with Gasteiger partial charge in [-0.3, -0.25) is 4.79 Å². The molecular formula is C15H25FN4O3S. The summed E-state index contributed by atoms with van der Waals surface area (Å²) in [5, 5.41) is 11.7. The number of sulfonamides is 1. The van der Waals surface area contributed by atoms with Gasteiger partial charge in [0.15, 0.2) is 0 Å². The fraction of sp³-hybridized carbons (Fsp3) is 0.867. The number of hydrogen-bond donors (Lipinski definition) is 1. The van der Waals surface area contributed by atoms with Crippen LogP contribution < -0.4 is 5.32 Å². The molecule has 24 heavy (non-hydrogen) atoms. The van der Waals surface area contributed by atoms with Crippen LogP contribution in [0.2, 0.25) is 0 Å². The molecule has 0 aliphatic carbocycles. The van der Waals surface area contributed by atoms with E-state index in [1.807, 2.05) is 6.07 Å². The summed E-state index contributed by atoms with van der Waals surface area (Å²) in [6, 6.07) is 1.33. The standard InChI is InChI=1S/C15H25FN4O3S/c1-11(2)24(22,23)19-5-3-13(4-6-19)18-9-15(21)20-10-12(16)7-14(20)8-17/h11-14,18H,3-7,9-10H2,1-2H3. The second-order valence-corrected chi connectivity index (χ2v) is 9.16. The van der Waals surface area contributed by atoms with Gasteiger partial charge in [-0.2, -0.15) is 5.26 Å². The summed E-state index contributed by atoms with van der Waals surface area (Å²) in [5.74, 6) is -0.279. The summed E-state index contributed by atoms with van der Waals surface area (Å²) >= 11 is 0. The van der Waals surface area contributed by atoms with Gasteiger partial charge in [0, 0.05) is 25.6 Å². The largest absolute Gasteiger partial charge is 0.323 e. The van der Waals surface area contributed by atoms with Crippen LogP contribution in [0.25, 0.3) is 0 Å². The predicted molar refractivity (Wildman–Crippen MR) is 87.3 cm³/mol. The van der Waals surface area contributed by atoms with E-state index in [-0.39, 0.29) is 31.5 Å². The normalized spacial score (nSPS) is 26.7. The molecule has 2 atom stereocenters. The number of alkyl halides is 1. The molecule has 0 bridgehead atoms. The highest BCUT2D eigenvalue weighted by atomic mass is 32.2. The van der Waals surface area contributed by atoms with E-state index < -0.39 is 27.5 Å². The van der Waals surface area contributed by atoms with Gasteiger partial charge < -0.3 is 10.2 Å². The summed E-state index contributed by atoms with van der Waals surface area (Å²) in [6.07, 6.45) is 0.204. The third-order valence-electron chi connectivity index (χ3n) is 4.67. The van der Waals surface area contributed by atoms with E-state index >= 15 is 0 Å². The SMILES string of the molecule is CC(C)S(=O)(=O)N1CCC(NCC(=O)N2CC(F)CC2C#N)CC1. The molecular weight excluding hydrogens is 335 g/mol. The number of rotatable bonds is 5. The molecule has 1 N–H and O–H groups in total. The van der Waals surface area contributed by atoms with Crippen molar-refractivity contribution >= 4 is 15.9 Å². The van der Waals surface area contributed by atoms with Crippen molar-refractivity contribution in [3.8, 4) is 6.07 Å². The summed E-state index contributed by atoms with van der Waals surface area (Å²) in [4.78, 5) is 13.4.